The van der Waals surface area contributed by atoms with E-state index >= 15 is 0 Å². The summed E-state index contributed by atoms with van der Waals surface area (Å²) in [6, 6.07) is 10.4. The average Bonchev–Trinajstić information content (AvgIpc) is 2.91. The lowest BCUT2D eigenvalue weighted by Gasteiger charge is -2.48. The van der Waals surface area contributed by atoms with Gasteiger partial charge in [0.15, 0.2) is 40.4 Å². The SMILES string of the molecule is CN(C)c1cc(NCCC(=O)c2ccccc2)c(O)c2c1C[C@H]1C[C@H]3CC(=O)C(C(N)=O)C(=O)[C@@]3(O)C(=O)C1C2=O. The van der Waals surface area contributed by atoms with Crippen molar-refractivity contribution in [1.82, 2.24) is 0 Å². The zero-order valence-electron chi connectivity index (χ0n) is 22.7. The molecular formula is C30H31N3O8. The molecule has 2 aromatic carbocycles. The van der Waals surface area contributed by atoms with E-state index in [4.69, 9.17) is 5.73 Å². The molecule has 0 aliphatic heterocycles. The number of phenols is 1. The van der Waals surface area contributed by atoms with Crippen LogP contribution in [0.25, 0.3) is 0 Å². The van der Waals surface area contributed by atoms with Crippen molar-refractivity contribution in [1.29, 1.82) is 0 Å². The second-order valence-electron chi connectivity index (χ2n) is 11.2. The Bertz CT molecular complexity index is 1500. The van der Waals surface area contributed by atoms with E-state index < -0.39 is 64.1 Å². The summed E-state index contributed by atoms with van der Waals surface area (Å²) in [7, 11) is 3.53. The van der Waals surface area contributed by atoms with E-state index in [1.165, 1.54) is 0 Å². The Morgan fingerprint density at radius 2 is 1.76 bits per heavy atom. The Morgan fingerprint density at radius 1 is 1.07 bits per heavy atom. The molecule has 2 unspecified atom stereocenters. The molecule has 3 aliphatic rings. The first-order valence-corrected chi connectivity index (χ1v) is 13.4. The summed E-state index contributed by atoms with van der Waals surface area (Å²) in [5.41, 5.74) is 4.28. The van der Waals surface area contributed by atoms with Crippen molar-refractivity contribution in [3.8, 4) is 5.75 Å². The van der Waals surface area contributed by atoms with Gasteiger partial charge in [0.1, 0.15) is 5.75 Å². The van der Waals surface area contributed by atoms with Crippen molar-refractivity contribution in [2.45, 2.75) is 31.3 Å². The average molecular weight is 562 g/mol. The van der Waals surface area contributed by atoms with Crippen LogP contribution in [0.5, 0.6) is 5.75 Å². The molecule has 0 spiro atoms. The fourth-order valence-corrected chi connectivity index (χ4v) is 6.63. The van der Waals surface area contributed by atoms with Gasteiger partial charge in [0.2, 0.25) is 5.91 Å². The van der Waals surface area contributed by atoms with Gasteiger partial charge in [-0.25, -0.2) is 0 Å². The van der Waals surface area contributed by atoms with Gasteiger partial charge in [-0.3, -0.25) is 28.8 Å². The van der Waals surface area contributed by atoms with Gasteiger partial charge in [-0.1, -0.05) is 30.3 Å². The summed E-state index contributed by atoms with van der Waals surface area (Å²) in [5.74, 6) is -10.7. The van der Waals surface area contributed by atoms with E-state index in [1.807, 2.05) is 0 Å². The minimum atomic E-state index is -2.70. The molecule has 0 aromatic heterocycles. The highest BCUT2D eigenvalue weighted by molar-refractivity contribution is 6.31. The predicted molar refractivity (Wildman–Crippen MR) is 147 cm³/mol. The van der Waals surface area contributed by atoms with Crippen LogP contribution in [0.1, 0.15) is 45.5 Å². The van der Waals surface area contributed by atoms with Crippen molar-refractivity contribution in [2.75, 3.05) is 30.9 Å². The number of phenolic OH excluding ortho intramolecular Hbond substituents is 1. The lowest BCUT2D eigenvalue weighted by atomic mass is 9.53. The van der Waals surface area contributed by atoms with Crippen LogP contribution in [-0.2, 0) is 25.6 Å². The van der Waals surface area contributed by atoms with E-state index in [-0.39, 0.29) is 49.3 Å². The highest BCUT2D eigenvalue weighted by atomic mass is 16.3. The third kappa shape index (κ3) is 4.40. The Balaban J connectivity index is 1.48. The number of primary amides is 1. The number of rotatable bonds is 7. The number of carbonyl (C=O) groups excluding carboxylic acids is 6. The Morgan fingerprint density at radius 3 is 2.39 bits per heavy atom. The van der Waals surface area contributed by atoms with Crippen molar-refractivity contribution in [2.24, 2.45) is 29.4 Å². The topological polar surface area (TPSA) is 184 Å². The number of Topliss-reactive ketones (excluding diaryl/α,β-unsaturated/α-hetero) is 5. The normalized spacial score (nSPS) is 27.0. The molecule has 2 saturated carbocycles. The fourth-order valence-electron chi connectivity index (χ4n) is 6.63. The van der Waals surface area contributed by atoms with Gasteiger partial charge >= 0.3 is 0 Å². The molecule has 3 aliphatic carbocycles. The molecule has 0 saturated heterocycles. The monoisotopic (exact) mass is 561 g/mol. The standard InChI is InChI=1S/C30H31N3O8/c1-33(2)19-13-18(32-9-8-20(34)14-6-4-3-5-7-14)25(36)23-17(19)11-15-10-16-12-21(35)24(29(31)40)28(39)30(16,41)27(38)22(15)26(23)37/h3-7,13,15-16,22,24,32,36,41H,8-12H2,1-2H3,(H2,31,40)/t15-,16+,22?,24?,30+/m1/s1. The molecular weight excluding hydrogens is 530 g/mol. The Kier molecular flexibility index (Phi) is 7.02. The van der Waals surface area contributed by atoms with E-state index in [9.17, 15) is 39.0 Å². The maximum absolute atomic E-state index is 13.9. The van der Waals surface area contributed by atoms with Crippen molar-refractivity contribution >= 4 is 46.2 Å². The number of hydrogen-bond acceptors (Lipinski definition) is 10. The molecule has 5 rings (SSSR count). The minimum absolute atomic E-state index is 0.0241. The quantitative estimate of drug-likeness (QED) is 0.217. The van der Waals surface area contributed by atoms with Gasteiger partial charge in [-0.15, -0.1) is 0 Å². The van der Waals surface area contributed by atoms with Gasteiger partial charge in [0.25, 0.3) is 0 Å². The van der Waals surface area contributed by atoms with Crippen molar-refractivity contribution < 1.29 is 39.0 Å². The first kappa shape index (κ1) is 28.2. The molecule has 5 atom stereocenters. The number of amides is 1. The Labute approximate surface area is 235 Å². The molecule has 0 heterocycles. The maximum Gasteiger partial charge on any atom is 0.235 e. The van der Waals surface area contributed by atoms with Crippen LogP contribution in [0, 0.1) is 23.7 Å². The van der Waals surface area contributed by atoms with Gasteiger partial charge in [-0.05, 0) is 30.4 Å². The minimum Gasteiger partial charge on any atom is -0.505 e. The second kappa shape index (κ2) is 10.2. The van der Waals surface area contributed by atoms with Crippen LogP contribution in [0.4, 0.5) is 11.4 Å². The van der Waals surface area contributed by atoms with E-state index in [0.29, 0.717) is 16.8 Å². The largest absolute Gasteiger partial charge is 0.505 e. The molecule has 1 amide bonds. The van der Waals surface area contributed by atoms with Crippen LogP contribution in [-0.4, -0.2) is 71.3 Å². The van der Waals surface area contributed by atoms with Crippen LogP contribution in [0.15, 0.2) is 36.4 Å². The summed E-state index contributed by atoms with van der Waals surface area (Å²) in [6.07, 6.45) is -0.0662. The molecule has 0 radical (unpaired) electrons. The smallest absolute Gasteiger partial charge is 0.235 e. The van der Waals surface area contributed by atoms with Crippen molar-refractivity contribution in [3.63, 3.8) is 0 Å². The van der Waals surface area contributed by atoms with E-state index in [1.54, 1.807) is 55.4 Å². The number of aliphatic hydroxyl groups is 1. The number of fused-ring (bicyclic) bond motifs is 3. The first-order chi connectivity index (χ1) is 19.4. The third-order valence-corrected chi connectivity index (χ3v) is 8.62. The highest BCUT2D eigenvalue weighted by Gasteiger charge is 2.66. The molecule has 11 heteroatoms. The first-order valence-electron chi connectivity index (χ1n) is 13.4. The second-order valence-corrected chi connectivity index (χ2v) is 11.2. The summed E-state index contributed by atoms with van der Waals surface area (Å²) in [4.78, 5) is 79.4. The van der Waals surface area contributed by atoms with E-state index in [2.05, 4.69) is 5.32 Å². The number of benzene rings is 2. The van der Waals surface area contributed by atoms with Crippen LogP contribution < -0.4 is 16.0 Å². The van der Waals surface area contributed by atoms with Gasteiger partial charge in [0, 0.05) is 50.7 Å². The molecule has 5 N–H and O–H groups in total. The number of nitrogens with two attached hydrogens (primary N) is 1. The van der Waals surface area contributed by atoms with Gasteiger partial charge in [-0.2, -0.15) is 0 Å². The van der Waals surface area contributed by atoms with Crippen LogP contribution in [0.3, 0.4) is 0 Å². The molecule has 2 aromatic rings. The predicted octanol–water partition coefficient (Wildman–Crippen LogP) is 1.08. The molecule has 0 bridgehead atoms. The molecule has 214 valence electrons. The highest BCUT2D eigenvalue weighted by Crippen LogP contribution is 2.52. The number of nitrogens with one attached hydrogen (secondary N) is 1. The van der Waals surface area contributed by atoms with Crippen LogP contribution in [0.2, 0.25) is 0 Å². The third-order valence-electron chi connectivity index (χ3n) is 8.62. The summed E-state index contributed by atoms with van der Waals surface area (Å²) < 4.78 is 0. The summed E-state index contributed by atoms with van der Waals surface area (Å²) in [6.45, 7) is 0.157. The number of aromatic hydroxyl groups is 1. The number of anilines is 2. The number of hydrogen-bond donors (Lipinski definition) is 4. The van der Waals surface area contributed by atoms with Crippen LogP contribution >= 0.6 is 0 Å². The van der Waals surface area contributed by atoms with Gasteiger partial charge < -0.3 is 26.2 Å². The Hall–Kier alpha value is -4.38. The lowest BCUT2D eigenvalue weighted by molar-refractivity contribution is -0.175. The number of carbonyl (C=O) groups is 6. The van der Waals surface area contributed by atoms with Crippen molar-refractivity contribution in [3.05, 3.63) is 53.1 Å². The maximum atomic E-state index is 13.9. The summed E-state index contributed by atoms with van der Waals surface area (Å²) in [5, 5.41) is 25.6. The summed E-state index contributed by atoms with van der Waals surface area (Å²) >= 11 is 0. The number of nitrogens with zero attached hydrogens (tertiary/aromatic N) is 1. The molecule has 41 heavy (non-hydrogen) atoms. The lowest BCUT2D eigenvalue weighted by Crippen LogP contribution is -2.68. The number of ketones is 5. The van der Waals surface area contributed by atoms with E-state index in [0.717, 1.165) is 0 Å². The molecule has 11 nitrogen and oxygen atoms in total. The fraction of sp³-hybridized carbons (Fsp3) is 0.400. The zero-order valence-corrected chi connectivity index (χ0v) is 22.7. The van der Waals surface area contributed by atoms with Gasteiger partial charge in [0.05, 0.1) is 17.2 Å². The zero-order chi connectivity index (χ0) is 29.8. The molecule has 2 fully saturated rings.